The minimum absolute atomic E-state index is 0.0399. The van der Waals surface area contributed by atoms with Crippen LogP contribution in [0.15, 0.2) is 65.2 Å². The van der Waals surface area contributed by atoms with E-state index in [4.69, 9.17) is 16.6 Å². The van der Waals surface area contributed by atoms with E-state index in [1.54, 1.807) is 12.3 Å². The maximum absolute atomic E-state index is 11.2. The number of non-ortho nitro benzene ring substituents is 1. The first-order valence-corrected chi connectivity index (χ1v) is 10.9. The highest BCUT2D eigenvalue weighted by atomic mass is 32.1. The summed E-state index contributed by atoms with van der Waals surface area (Å²) in [6.45, 7) is 0. The molecule has 3 aromatic rings. The largest absolute Gasteiger partial charge is 0.459 e. The van der Waals surface area contributed by atoms with Crippen LogP contribution in [0.2, 0.25) is 0 Å². The molecule has 3 heterocycles. The van der Waals surface area contributed by atoms with Crippen LogP contribution in [0.5, 0.6) is 0 Å². The van der Waals surface area contributed by atoms with Gasteiger partial charge in [-0.05, 0) is 49.3 Å². The van der Waals surface area contributed by atoms with Crippen LogP contribution in [-0.4, -0.2) is 26.0 Å². The third-order valence-corrected chi connectivity index (χ3v) is 6.44. The lowest BCUT2D eigenvalue weighted by molar-refractivity contribution is -0.384. The quantitative estimate of drug-likeness (QED) is 0.337. The third kappa shape index (κ3) is 3.67. The molecule has 2 unspecified atom stereocenters. The van der Waals surface area contributed by atoms with Crippen LogP contribution in [-0.2, 0) is 0 Å². The molecule has 2 aromatic heterocycles. The average Bonchev–Trinajstić information content (AvgIpc) is 3.54. The highest BCUT2D eigenvalue weighted by Gasteiger charge is 2.45. The van der Waals surface area contributed by atoms with Gasteiger partial charge in [-0.2, -0.15) is 0 Å². The van der Waals surface area contributed by atoms with E-state index >= 15 is 0 Å². The molecule has 1 aliphatic heterocycles. The lowest BCUT2D eigenvalue weighted by Gasteiger charge is -2.31. The molecule has 1 aliphatic carbocycles. The van der Waals surface area contributed by atoms with Gasteiger partial charge in [-0.1, -0.05) is 31.0 Å². The van der Waals surface area contributed by atoms with Crippen LogP contribution in [0.4, 0.5) is 5.69 Å². The van der Waals surface area contributed by atoms with Gasteiger partial charge in [-0.15, -0.1) is 0 Å². The summed E-state index contributed by atoms with van der Waals surface area (Å²) >= 11 is 5.75. The molecule has 0 amide bonds. The molecule has 2 fully saturated rings. The van der Waals surface area contributed by atoms with Crippen LogP contribution >= 0.6 is 12.2 Å². The number of thiocarbonyl (C=S) groups is 1. The van der Waals surface area contributed by atoms with E-state index < -0.39 is 4.92 Å². The second-order valence-electron chi connectivity index (χ2n) is 7.98. The molecule has 0 bridgehead atoms. The molecule has 2 atom stereocenters. The van der Waals surface area contributed by atoms with Crippen LogP contribution in [0.1, 0.15) is 49.2 Å². The molecular formula is C23H22N4O3S. The van der Waals surface area contributed by atoms with Gasteiger partial charge in [0.1, 0.15) is 17.6 Å². The van der Waals surface area contributed by atoms with E-state index in [1.165, 1.54) is 25.0 Å². The predicted octanol–water partition coefficient (Wildman–Crippen LogP) is 5.16. The first kappa shape index (κ1) is 19.7. The number of nitrogens with zero attached hydrogens (tertiary/aromatic N) is 3. The monoisotopic (exact) mass is 434 g/mol. The van der Waals surface area contributed by atoms with Crippen molar-refractivity contribution in [2.45, 2.75) is 43.8 Å². The fourth-order valence-electron chi connectivity index (χ4n) is 4.69. The van der Waals surface area contributed by atoms with E-state index in [0.717, 1.165) is 29.4 Å². The van der Waals surface area contributed by atoms with E-state index in [1.807, 2.05) is 36.4 Å². The van der Waals surface area contributed by atoms with Gasteiger partial charge in [0.25, 0.3) is 5.69 Å². The summed E-state index contributed by atoms with van der Waals surface area (Å²) in [6.07, 6.45) is 6.38. The lowest BCUT2D eigenvalue weighted by atomic mass is 10.0. The molecule has 31 heavy (non-hydrogen) atoms. The van der Waals surface area contributed by atoms with Crippen LogP contribution in [0.25, 0.3) is 11.3 Å². The second-order valence-corrected chi connectivity index (χ2v) is 8.37. The Balaban J connectivity index is 1.54. The first-order valence-electron chi connectivity index (χ1n) is 10.5. The Kier molecular flexibility index (Phi) is 5.15. The van der Waals surface area contributed by atoms with Gasteiger partial charge in [-0.3, -0.25) is 15.1 Å². The van der Waals surface area contributed by atoms with E-state index in [0.29, 0.717) is 17.4 Å². The van der Waals surface area contributed by atoms with Crippen molar-refractivity contribution in [2.24, 2.45) is 0 Å². The zero-order chi connectivity index (χ0) is 21.4. The third-order valence-electron chi connectivity index (χ3n) is 6.11. The number of furan rings is 1. The molecule has 8 heteroatoms. The topological polar surface area (TPSA) is 84.4 Å². The van der Waals surface area contributed by atoms with Gasteiger partial charge in [-0.25, -0.2) is 0 Å². The number of nitro groups is 1. The maximum Gasteiger partial charge on any atom is 0.270 e. The van der Waals surface area contributed by atoms with Gasteiger partial charge < -0.3 is 14.6 Å². The highest BCUT2D eigenvalue weighted by Crippen LogP contribution is 2.44. The molecule has 158 valence electrons. The Morgan fingerprint density at radius 1 is 1.13 bits per heavy atom. The van der Waals surface area contributed by atoms with Crippen molar-refractivity contribution in [3.05, 3.63) is 82.4 Å². The maximum atomic E-state index is 11.2. The van der Waals surface area contributed by atoms with Crippen molar-refractivity contribution in [3.8, 4) is 11.3 Å². The SMILES string of the molecule is O=[N+]([O-])c1cccc(-c2ccc(C3C(c4ccccn4)NC(=S)N3C3CCCC3)o2)c1. The first-order chi connectivity index (χ1) is 15.1. The summed E-state index contributed by atoms with van der Waals surface area (Å²) in [4.78, 5) is 17.6. The van der Waals surface area contributed by atoms with Gasteiger partial charge in [0.15, 0.2) is 5.11 Å². The number of hydrogen-bond donors (Lipinski definition) is 1. The predicted molar refractivity (Wildman–Crippen MR) is 120 cm³/mol. The summed E-state index contributed by atoms with van der Waals surface area (Å²) in [5.41, 5.74) is 1.62. The van der Waals surface area contributed by atoms with Crippen molar-refractivity contribution in [1.82, 2.24) is 15.2 Å². The Labute approximate surface area is 185 Å². The Bertz CT molecular complexity index is 1110. The minimum Gasteiger partial charge on any atom is -0.459 e. The van der Waals surface area contributed by atoms with Crippen molar-refractivity contribution < 1.29 is 9.34 Å². The van der Waals surface area contributed by atoms with Crippen LogP contribution < -0.4 is 5.32 Å². The van der Waals surface area contributed by atoms with E-state index in [-0.39, 0.29) is 17.8 Å². The summed E-state index contributed by atoms with van der Waals surface area (Å²) in [7, 11) is 0. The molecule has 1 saturated carbocycles. The van der Waals surface area contributed by atoms with E-state index in [9.17, 15) is 10.1 Å². The number of nitro benzene ring substituents is 1. The van der Waals surface area contributed by atoms with Gasteiger partial charge in [0.05, 0.1) is 16.7 Å². The molecule has 1 N–H and O–H groups in total. The van der Waals surface area contributed by atoms with Gasteiger partial charge in [0, 0.05) is 29.9 Å². The fourth-order valence-corrected chi connectivity index (χ4v) is 5.08. The molecule has 1 aromatic carbocycles. The molecule has 1 saturated heterocycles. The molecule has 0 spiro atoms. The number of aromatic nitrogens is 1. The second kappa shape index (κ2) is 8.11. The van der Waals surface area contributed by atoms with E-state index in [2.05, 4.69) is 15.2 Å². The number of pyridine rings is 1. The van der Waals surface area contributed by atoms with Gasteiger partial charge in [0.2, 0.25) is 0 Å². The van der Waals surface area contributed by atoms with Crippen molar-refractivity contribution in [3.63, 3.8) is 0 Å². The number of rotatable bonds is 5. The minimum atomic E-state index is -0.397. The van der Waals surface area contributed by atoms with Crippen molar-refractivity contribution in [2.75, 3.05) is 0 Å². The van der Waals surface area contributed by atoms with Crippen molar-refractivity contribution >= 4 is 23.0 Å². The Morgan fingerprint density at radius 3 is 2.71 bits per heavy atom. The zero-order valence-electron chi connectivity index (χ0n) is 16.8. The lowest BCUT2D eigenvalue weighted by Crippen LogP contribution is -2.37. The average molecular weight is 435 g/mol. The van der Waals surface area contributed by atoms with Crippen LogP contribution in [0, 0.1) is 10.1 Å². The van der Waals surface area contributed by atoms with Crippen LogP contribution in [0.3, 0.4) is 0 Å². The molecular weight excluding hydrogens is 412 g/mol. The van der Waals surface area contributed by atoms with Gasteiger partial charge >= 0.3 is 0 Å². The zero-order valence-corrected chi connectivity index (χ0v) is 17.6. The highest BCUT2D eigenvalue weighted by molar-refractivity contribution is 7.80. The normalized spacial score (nSPS) is 21.4. The number of benzene rings is 1. The molecule has 2 aliphatic rings. The van der Waals surface area contributed by atoms with Crippen molar-refractivity contribution in [1.29, 1.82) is 0 Å². The Hall–Kier alpha value is -3.26. The Morgan fingerprint density at radius 2 is 1.97 bits per heavy atom. The standard InChI is InChI=1S/C23H22N4O3S/c28-27(29)17-9-5-6-15(14-17)19-11-12-20(30-19)22-21(18-10-3-4-13-24-18)25-23(31)26(22)16-7-1-2-8-16/h3-6,9-14,16,21-22H,1-2,7-8H2,(H,25,31). The number of nitrogens with one attached hydrogen (secondary N) is 1. The number of hydrogen-bond acceptors (Lipinski definition) is 5. The fraction of sp³-hybridized carbons (Fsp3) is 0.304. The molecule has 0 radical (unpaired) electrons. The summed E-state index contributed by atoms with van der Waals surface area (Å²) in [5.74, 6) is 1.37. The summed E-state index contributed by atoms with van der Waals surface area (Å²) in [5, 5.41) is 15.4. The summed E-state index contributed by atoms with van der Waals surface area (Å²) in [6, 6.07) is 16.3. The smallest absolute Gasteiger partial charge is 0.270 e. The molecule has 5 rings (SSSR count). The summed E-state index contributed by atoms with van der Waals surface area (Å²) < 4.78 is 6.29. The molecule has 7 nitrogen and oxygen atoms in total.